The zero-order chi connectivity index (χ0) is 22.6. The van der Waals surface area contributed by atoms with E-state index >= 15 is 0 Å². The lowest BCUT2D eigenvalue weighted by molar-refractivity contribution is 0.0132. The first kappa shape index (κ1) is 25.1. The van der Waals surface area contributed by atoms with Gasteiger partial charge in [-0.1, -0.05) is 13.8 Å². The van der Waals surface area contributed by atoms with Crippen LogP contribution in [0.1, 0.15) is 32.8 Å². The maximum Gasteiger partial charge on any atom is 0.191 e. The first-order valence-corrected chi connectivity index (χ1v) is 11.1. The van der Waals surface area contributed by atoms with Gasteiger partial charge in [-0.3, -0.25) is 4.90 Å². The third-order valence-corrected chi connectivity index (χ3v) is 5.37. The summed E-state index contributed by atoms with van der Waals surface area (Å²) in [5, 5.41) is 6.89. The minimum Gasteiger partial charge on any atom is -0.496 e. The van der Waals surface area contributed by atoms with Crippen molar-refractivity contribution < 1.29 is 18.9 Å². The number of ether oxygens (including phenoxy) is 4. The van der Waals surface area contributed by atoms with Crippen molar-refractivity contribution in [3.05, 3.63) is 17.7 Å². The molecular formula is C23H40N4O4. The minimum absolute atomic E-state index is 0.429. The Kier molecular flexibility index (Phi) is 10.7. The zero-order valence-electron chi connectivity index (χ0n) is 20.0. The molecule has 8 heteroatoms. The summed E-state index contributed by atoms with van der Waals surface area (Å²) in [5.41, 5.74) is 0.884. The molecule has 1 fully saturated rings. The Morgan fingerprint density at radius 1 is 1.06 bits per heavy atom. The molecule has 8 nitrogen and oxygen atoms in total. The molecule has 0 aromatic heterocycles. The van der Waals surface area contributed by atoms with Crippen LogP contribution in [0, 0.1) is 5.92 Å². The summed E-state index contributed by atoms with van der Waals surface area (Å²) in [6.07, 6.45) is 1.13. The molecule has 0 bridgehead atoms. The lowest BCUT2D eigenvalue weighted by Crippen LogP contribution is -2.51. The van der Waals surface area contributed by atoms with Crippen molar-refractivity contribution in [3.8, 4) is 17.2 Å². The van der Waals surface area contributed by atoms with E-state index in [4.69, 9.17) is 23.9 Å². The topological polar surface area (TPSA) is 76.6 Å². The van der Waals surface area contributed by atoms with Crippen LogP contribution in [-0.2, 0) is 11.3 Å². The molecule has 1 unspecified atom stereocenters. The Hall–Kier alpha value is -2.19. The third-order valence-electron chi connectivity index (χ3n) is 5.37. The first-order valence-electron chi connectivity index (χ1n) is 11.1. The highest BCUT2D eigenvalue weighted by molar-refractivity contribution is 5.79. The lowest BCUT2D eigenvalue weighted by Gasteiger charge is -2.35. The SMILES string of the molecule is CCNC(=NCc1c(OC)cc(OC)cc1OC)NCC(CC(C)C)N1CCOCC1. The van der Waals surface area contributed by atoms with Gasteiger partial charge in [-0.15, -0.1) is 0 Å². The van der Waals surface area contributed by atoms with Gasteiger partial charge < -0.3 is 29.6 Å². The Bertz CT molecular complexity index is 665. The second kappa shape index (κ2) is 13.3. The van der Waals surface area contributed by atoms with E-state index in [9.17, 15) is 0 Å². The second-order valence-electron chi connectivity index (χ2n) is 8.02. The van der Waals surface area contributed by atoms with Gasteiger partial charge in [0.2, 0.25) is 0 Å². The number of aliphatic imine (C=N–C) groups is 1. The van der Waals surface area contributed by atoms with Gasteiger partial charge in [0, 0.05) is 44.4 Å². The molecule has 0 spiro atoms. The van der Waals surface area contributed by atoms with Crippen LogP contribution < -0.4 is 24.8 Å². The fourth-order valence-electron chi connectivity index (χ4n) is 3.80. The van der Waals surface area contributed by atoms with Gasteiger partial charge in [-0.2, -0.15) is 0 Å². The molecule has 31 heavy (non-hydrogen) atoms. The fraction of sp³-hybridized carbons (Fsp3) is 0.696. The normalized spacial score (nSPS) is 16.2. The Balaban J connectivity index is 2.13. The number of guanidine groups is 1. The summed E-state index contributed by atoms with van der Waals surface area (Å²) >= 11 is 0. The van der Waals surface area contributed by atoms with Crippen LogP contribution in [0.3, 0.4) is 0 Å². The minimum atomic E-state index is 0.429. The number of nitrogens with zero attached hydrogens (tertiary/aromatic N) is 2. The van der Waals surface area contributed by atoms with Crippen LogP contribution in [0.5, 0.6) is 17.2 Å². The van der Waals surface area contributed by atoms with Gasteiger partial charge in [0.25, 0.3) is 0 Å². The molecule has 0 aliphatic carbocycles. The van der Waals surface area contributed by atoms with E-state index < -0.39 is 0 Å². The van der Waals surface area contributed by atoms with Crippen LogP contribution in [0.15, 0.2) is 17.1 Å². The quantitative estimate of drug-likeness (QED) is 0.408. The number of hydrogen-bond donors (Lipinski definition) is 2. The number of rotatable bonds is 11. The molecule has 0 saturated carbocycles. The van der Waals surface area contributed by atoms with E-state index in [-0.39, 0.29) is 0 Å². The summed E-state index contributed by atoms with van der Waals surface area (Å²) < 4.78 is 22.0. The highest BCUT2D eigenvalue weighted by Crippen LogP contribution is 2.34. The second-order valence-corrected chi connectivity index (χ2v) is 8.02. The van der Waals surface area contributed by atoms with Gasteiger partial charge in [0.1, 0.15) is 17.2 Å². The van der Waals surface area contributed by atoms with Crippen LogP contribution >= 0.6 is 0 Å². The van der Waals surface area contributed by atoms with Crippen LogP contribution in [0.2, 0.25) is 0 Å². The monoisotopic (exact) mass is 436 g/mol. The molecule has 176 valence electrons. The van der Waals surface area contributed by atoms with Crippen molar-refractivity contribution in [1.82, 2.24) is 15.5 Å². The number of nitrogens with one attached hydrogen (secondary N) is 2. The third kappa shape index (κ3) is 7.78. The number of benzene rings is 1. The smallest absolute Gasteiger partial charge is 0.191 e. The number of hydrogen-bond acceptors (Lipinski definition) is 6. The summed E-state index contributed by atoms with van der Waals surface area (Å²) in [4.78, 5) is 7.33. The molecule has 1 aliphatic heterocycles. The average molecular weight is 437 g/mol. The van der Waals surface area contributed by atoms with Crippen molar-refractivity contribution in [1.29, 1.82) is 0 Å². The van der Waals surface area contributed by atoms with Gasteiger partial charge >= 0.3 is 0 Å². The maximum atomic E-state index is 5.56. The highest BCUT2D eigenvalue weighted by Gasteiger charge is 2.22. The van der Waals surface area contributed by atoms with Crippen molar-refractivity contribution in [2.75, 3.05) is 60.7 Å². The van der Waals surface area contributed by atoms with Gasteiger partial charge in [-0.05, 0) is 19.3 Å². The fourth-order valence-corrected chi connectivity index (χ4v) is 3.80. The van der Waals surface area contributed by atoms with Crippen LogP contribution in [0.25, 0.3) is 0 Å². The Morgan fingerprint density at radius 3 is 2.23 bits per heavy atom. The summed E-state index contributed by atoms with van der Waals surface area (Å²) in [7, 11) is 4.91. The Labute approximate surface area is 187 Å². The van der Waals surface area contributed by atoms with Crippen LogP contribution in [-0.4, -0.2) is 77.6 Å². The molecule has 2 rings (SSSR count). The molecule has 1 heterocycles. The highest BCUT2D eigenvalue weighted by atomic mass is 16.5. The molecule has 1 aromatic carbocycles. The van der Waals surface area contributed by atoms with E-state index in [0.717, 1.165) is 57.3 Å². The van der Waals surface area contributed by atoms with Gasteiger partial charge in [0.05, 0.1) is 46.7 Å². The lowest BCUT2D eigenvalue weighted by atomic mass is 10.0. The predicted molar refractivity (Wildman–Crippen MR) is 125 cm³/mol. The van der Waals surface area contributed by atoms with Crippen LogP contribution in [0.4, 0.5) is 0 Å². The zero-order valence-corrected chi connectivity index (χ0v) is 20.0. The van der Waals surface area contributed by atoms with E-state index in [1.807, 2.05) is 12.1 Å². The summed E-state index contributed by atoms with van der Waals surface area (Å²) in [6.45, 7) is 12.2. The molecule has 1 atom stereocenters. The molecule has 1 aromatic rings. The predicted octanol–water partition coefficient (Wildman–Crippen LogP) is 2.51. The first-order chi connectivity index (χ1) is 15.0. The van der Waals surface area contributed by atoms with Gasteiger partial charge in [-0.25, -0.2) is 4.99 Å². The molecule has 1 saturated heterocycles. The summed E-state index contributed by atoms with van der Waals surface area (Å²) in [6, 6.07) is 4.15. The van der Waals surface area contributed by atoms with Gasteiger partial charge in [0.15, 0.2) is 5.96 Å². The molecular weight excluding hydrogens is 396 g/mol. The Morgan fingerprint density at radius 2 is 1.71 bits per heavy atom. The van der Waals surface area contributed by atoms with E-state index in [1.165, 1.54) is 0 Å². The average Bonchev–Trinajstić information content (AvgIpc) is 2.79. The molecule has 0 radical (unpaired) electrons. The van der Waals surface area contributed by atoms with Crippen molar-refractivity contribution in [3.63, 3.8) is 0 Å². The number of morpholine rings is 1. The largest absolute Gasteiger partial charge is 0.496 e. The standard InChI is InChI=1S/C23H40N4O4/c1-7-24-23(25-15-18(12-17(2)3)27-8-10-31-11-9-27)26-16-20-21(29-5)13-19(28-4)14-22(20)30-6/h13-14,17-18H,7-12,15-16H2,1-6H3,(H2,24,25,26). The van der Waals surface area contributed by atoms with E-state index in [1.54, 1.807) is 21.3 Å². The molecule has 1 aliphatic rings. The van der Waals surface area contributed by atoms with E-state index in [2.05, 4.69) is 36.3 Å². The van der Waals surface area contributed by atoms with Crippen molar-refractivity contribution >= 4 is 5.96 Å². The molecule has 2 N–H and O–H groups in total. The maximum absolute atomic E-state index is 5.56. The van der Waals surface area contributed by atoms with Crippen molar-refractivity contribution in [2.45, 2.75) is 39.8 Å². The number of methoxy groups -OCH3 is 3. The summed E-state index contributed by atoms with van der Waals surface area (Å²) in [5.74, 6) is 3.49. The molecule has 0 amide bonds. The van der Waals surface area contributed by atoms with E-state index in [0.29, 0.717) is 35.8 Å². The van der Waals surface area contributed by atoms with Crippen molar-refractivity contribution in [2.24, 2.45) is 10.9 Å².